The van der Waals surface area contributed by atoms with Crippen LogP contribution in [0.2, 0.25) is 6.82 Å². The van der Waals surface area contributed by atoms with Crippen molar-refractivity contribution in [3.8, 4) is 0 Å². The minimum absolute atomic E-state index is 0.0485. The Bertz CT molecular complexity index is 658. The van der Waals surface area contributed by atoms with Crippen LogP contribution in [0.5, 0.6) is 0 Å². The van der Waals surface area contributed by atoms with Crippen molar-refractivity contribution in [1.29, 1.82) is 0 Å². The van der Waals surface area contributed by atoms with Gasteiger partial charge in [-0.05, 0) is 19.3 Å². The monoisotopic (exact) mass is 655 g/mol. The maximum absolute atomic E-state index is 12.7. The van der Waals surface area contributed by atoms with Crippen LogP contribution in [0, 0.1) is 0 Å². The molecule has 0 saturated heterocycles. The summed E-state index contributed by atoms with van der Waals surface area (Å²) < 4.78 is 57.4. The highest BCUT2D eigenvalue weighted by Crippen LogP contribution is 2.20. The van der Waals surface area contributed by atoms with E-state index in [4.69, 9.17) is 45.6 Å². The van der Waals surface area contributed by atoms with Gasteiger partial charge in [-0.3, -0.25) is 9.59 Å². The van der Waals surface area contributed by atoms with E-state index in [1.165, 1.54) is 6.82 Å². The molecule has 0 bridgehead atoms. The molecule has 0 unspecified atom stereocenters. The number of hydrogen-bond donors (Lipinski definition) is 1. The summed E-state index contributed by atoms with van der Waals surface area (Å²) in [5.74, 6) is -2.96. The number of aliphatic hydroxyl groups is 1. The molecule has 0 aliphatic heterocycles. The third kappa shape index (κ3) is 30.6. The zero-order valence-electron chi connectivity index (χ0n) is 30.2. The number of unbranched alkanes of at least 4 members (excludes halogenated alkanes) is 3. The molecule has 0 rings (SSSR count). The van der Waals surface area contributed by atoms with Gasteiger partial charge in [-0.25, -0.2) is 4.79 Å². The van der Waals surface area contributed by atoms with E-state index in [1.807, 2.05) is 0 Å². The molecule has 1 N–H and O–H groups in total. The van der Waals surface area contributed by atoms with Crippen LogP contribution in [0.3, 0.4) is 0 Å². The summed E-state index contributed by atoms with van der Waals surface area (Å²) in [7, 11) is 4.50. The maximum Gasteiger partial charge on any atom is 0.339 e. The summed E-state index contributed by atoms with van der Waals surface area (Å²) in [6.07, 6.45) is 4.41. The third-order valence-corrected chi connectivity index (χ3v) is 5.74. The quantitative estimate of drug-likeness (QED) is 0.0489. The van der Waals surface area contributed by atoms with E-state index < -0.39 is 36.4 Å². The molecule has 0 atom stereocenters. The van der Waals surface area contributed by atoms with E-state index in [1.54, 1.807) is 0 Å². The lowest BCUT2D eigenvalue weighted by molar-refractivity contribution is -0.179. The fourth-order valence-corrected chi connectivity index (χ4v) is 3.25. The first-order chi connectivity index (χ1) is 22.9. The highest BCUT2D eigenvalue weighted by atomic mass is 16.6. The second-order valence-electron chi connectivity index (χ2n) is 9.70. The largest absolute Gasteiger partial charge is 0.463 e. The topological polar surface area (TPSA) is 155 Å². The molecule has 0 aromatic heterocycles. The van der Waals surface area contributed by atoms with Crippen LogP contribution < -0.4 is 0 Å². The van der Waals surface area contributed by atoms with E-state index in [9.17, 15) is 19.5 Å². The number of hydrogen-bond acceptors (Lipinski definition) is 13. The fraction of sp³-hybridized carbons (Fsp3) is 0.903. The van der Waals surface area contributed by atoms with Crippen LogP contribution in [-0.4, -0.2) is 136 Å². The Morgan fingerprint density at radius 2 is 0.800 bits per heavy atom. The molecule has 2 radical (unpaired) electrons. The lowest BCUT2D eigenvalue weighted by atomic mass is 9.95. The first kappa shape index (κ1) is 43.2. The molecule has 0 aliphatic rings. The van der Waals surface area contributed by atoms with Crippen molar-refractivity contribution < 1.29 is 65.1 Å². The van der Waals surface area contributed by atoms with Gasteiger partial charge in [-0.2, -0.15) is 0 Å². The number of carbonyl (C=O) groups excluding carboxylic acids is 3. The summed E-state index contributed by atoms with van der Waals surface area (Å²) in [6, 6.07) is 0. The predicted octanol–water partition coefficient (Wildman–Crippen LogP) is 3.08. The molecule has 0 spiro atoms. The average molecular weight is 656 g/mol. The zero-order valence-corrected chi connectivity index (χ0v) is 28.2. The standard InChI is InChI=1S/C30H56O13.CH3B.H2/c1-4-7-10-35-13-16-38-19-22-41-27(31)25-30(34,29(33)43-24-21-40-18-15-37-12-9-6-3)26-28(32)42-23-20-39-17-14-36-11-8-5-2;1-2;/h34H,4-26H2,1-3H3;1H3;1H/i;;1+2D. The molecule has 0 fully saturated rings. The van der Waals surface area contributed by atoms with Gasteiger partial charge in [0.1, 0.15) is 19.8 Å². The van der Waals surface area contributed by atoms with Crippen molar-refractivity contribution in [2.45, 2.75) is 84.6 Å². The van der Waals surface area contributed by atoms with Gasteiger partial charge in [0.05, 0.1) is 80.1 Å². The summed E-state index contributed by atoms with van der Waals surface area (Å²) in [5, 5.41) is 11.0. The Balaban J connectivity index is -0.00000464. The van der Waals surface area contributed by atoms with Crippen LogP contribution in [-0.2, 0) is 57.0 Å². The maximum atomic E-state index is 12.7. The van der Waals surface area contributed by atoms with E-state index in [0.29, 0.717) is 59.5 Å². The average Bonchev–Trinajstić information content (AvgIpc) is 3.07. The molecular formula is C31H61BO13. The molecular weight excluding hydrogens is 591 g/mol. The van der Waals surface area contributed by atoms with Gasteiger partial charge in [-0.1, -0.05) is 46.9 Å². The van der Waals surface area contributed by atoms with Gasteiger partial charge >= 0.3 is 17.9 Å². The zero-order chi connectivity index (χ0) is 35.9. The van der Waals surface area contributed by atoms with Crippen LogP contribution >= 0.6 is 0 Å². The summed E-state index contributed by atoms with van der Waals surface area (Å²) >= 11 is 0. The second kappa shape index (κ2) is 35.1. The molecule has 266 valence electrons. The van der Waals surface area contributed by atoms with E-state index >= 15 is 0 Å². The predicted molar refractivity (Wildman–Crippen MR) is 170 cm³/mol. The molecule has 0 amide bonds. The lowest BCUT2D eigenvalue weighted by Gasteiger charge is -2.24. The lowest BCUT2D eigenvalue weighted by Crippen LogP contribution is -2.45. The SMILES string of the molecule is CCCCOCCOCCOC(=O)CC(O)(CC(=O)OCCOCCOCCCC)C(=O)OCCOCCOCCCC.[2H][3H].[B]C. The summed E-state index contributed by atoms with van der Waals surface area (Å²) in [6.45, 7) is 11.8. The molecule has 0 heterocycles. The van der Waals surface area contributed by atoms with E-state index in [-0.39, 0.29) is 39.6 Å². The van der Waals surface area contributed by atoms with Crippen molar-refractivity contribution in [2.75, 3.05) is 99.1 Å². The van der Waals surface area contributed by atoms with Crippen molar-refractivity contribution in [2.24, 2.45) is 0 Å². The van der Waals surface area contributed by atoms with Gasteiger partial charge in [-0.15, -0.1) is 0 Å². The minimum atomic E-state index is -2.49. The number of esters is 3. The smallest absolute Gasteiger partial charge is 0.339 e. The summed E-state index contributed by atoms with van der Waals surface area (Å²) in [4.78, 5) is 37.6. The van der Waals surface area contributed by atoms with Crippen molar-refractivity contribution in [1.82, 2.24) is 0 Å². The van der Waals surface area contributed by atoms with Crippen molar-refractivity contribution >= 4 is 25.8 Å². The molecule has 45 heavy (non-hydrogen) atoms. The first-order valence-corrected chi connectivity index (χ1v) is 16.1. The normalized spacial score (nSPS) is 11.2. The Labute approximate surface area is 274 Å². The fourth-order valence-electron chi connectivity index (χ4n) is 3.25. The van der Waals surface area contributed by atoms with Gasteiger partial charge in [0, 0.05) is 22.8 Å². The van der Waals surface area contributed by atoms with Crippen molar-refractivity contribution in [3.63, 3.8) is 0 Å². The minimum Gasteiger partial charge on any atom is -0.463 e. The van der Waals surface area contributed by atoms with Gasteiger partial charge in [0.15, 0.2) is 5.60 Å². The first-order valence-electron chi connectivity index (χ1n) is 17.1. The van der Waals surface area contributed by atoms with Crippen LogP contribution in [0.4, 0.5) is 0 Å². The molecule has 14 heteroatoms. The van der Waals surface area contributed by atoms with E-state index in [2.05, 4.69) is 28.6 Å². The van der Waals surface area contributed by atoms with Crippen LogP contribution in [0.15, 0.2) is 0 Å². The number of rotatable bonds is 32. The Morgan fingerprint density at radius 3 is 1.11 bits per heavy atom. The van der Waals surface area contributed by atoms with Gasteiger partial charge < -0.3 is 47.7 Å². The Morgan fingerprint density at radius 1 is 0.533 bits per heavy atom. The Hall–Kier alpha value is -1.81. The Kier molecular flexibility index (Phi) is 33.7. The summed E-state index contributed by atoms with van der Waals surface area (Å²) in [5.41, 5.74) is -2.49. The molecule has 0 aliphatic carbocycles. The highest BCUT2D eigenvalue weighted by Gasteiger charge is 2.43. The van der Waals surface area contributed by atoms with Crippen LogP contribution in [0.25, 0.3) is 0 Å². The van der Waals surface area contributed by atoms with Crippen LogP contribution in [0.1, 0.15) is 75.1 Å². The van der Waals surface area contributed by atoms with Crippen molar-refractivity contribution in [3.05, 3.63) is 0 Å². The highest BCUT2D eigenvalue weighted by molar-refractivity contribution is 6.05. The molecule has 0 aromatic carbocycles. The van der Waals surface area contributed by atoms with Gasteiger partial charge in [0.2, 0.25) is 0 Å². The second-order valence-corrected chi connectivity index (χ2v) is 9.70. The van der Waals surface area contributed by atoms with E-state index in [0.717, 1.165) is 38.5 Å². The number of ether oxygens (including phenoxy) is 9. The molecule has 0 saturated carbocycles. The number of carbonyl (C=O) groups is 3. The molecule has 0 aromatic rings. The molecule has 13 nitrogen and oxygen atoms in total. The third-order valence-electron chi connectivity index (χ3n) is 5.74. The van der Waals surface area contributed by atoms with Gasteiger partial charge in [0.25, 0.3) is 0 Å².